The molecular weight excluding hydrogens is 270 g/mol. The molecule has 0 saturated heterocycles. The van der Waals surface area contributed by atoms with E-state index in [2.05, 4.69) is 21.2 Å². The Morgan fingerprint density at radius 2 is 2.31 bits per heavy atom. The highest BCUT2D eigenvalue weighted by Gasteiger charge is 2.29. The van der Waals surface area contributed by atoms with Crippen LogP contribution in [-0.2, 0) is 11.3 Å². The molecule has 2 rings (SSSR count). The van der Waals surface area contributed by atoms with Gasteiger partial charge in [0.25, 0.3) is 0 Å². The Morgan fingerprint density at radius 3 is 2.88 bits per heavy atom. The lowest BCUT2D eigenvalue weighted by Crippen LogP contribution is -2.24. The fourth-order valence-corrected chi connectivity index (χ4v) is 2.09. The van der Waals surface area contributed by atoms with Gasteiger partial charge in [0.2, 0.25) is 5.91 Å². The molecule has 1 aliphatic rings. The first kappa shape index (κ1) is 11.5. The number of amides is 1. The van der Waals surface area contributed by atoms with Gasteiger partial charge in [-0.1, -0.05) is 6.07 Å². The van der Waals surface area contributed by atoms with Crippen LogP contribution in [0.2, 0.25) is 0 Å². The van der Waals surface area contributed by atoms with Gasteiger partial charge in [-0.05, 0) is 46.5 Å². The van der Waals surface area contributed by atoms with Crippen molar-refractivity contribution in [3.63, 3.8) is 0 Å². The standard InChI is InChI=1S/C12H14BrNO2/c1-16-11-5-2-8(6-10(11)13)7-14-12(15)9-3-4-9/h2,5-6,9H,3-4,7H2,1H3,(H,14,15). The number of carbonyl (C=O) groups is 1. The molecule has 1 aromatic carbocycles. The highest BCUT2D eigenvalue weighted by Crippen LogP contribution is 2.29. The molecule has 0 heterocycles. The van der Waals surface area contributed by atoms with Gasteiger partial charge < -0.3 is 10.1 Å². The fourth-order valence-electron chi connectivity index (χ4n) is 1.50. The van der Waals surface area contributed by atoms with E-state index in [1.165, 1.54) is 0 Å². The van der Waals surface area contributed by atoms with Gasteiger partial charge in [-0.2, -0.15) is 0 Å². The second-order valence-electron chi connectivity index (χ2n) is 3.96. The summed E-state index contributed by atoms with van der Waals surface area (Å²) in [4.78, 5) is 11.4. The number of nitrogens with one attached hydrogen (secondary N) is 1. The van der Waals surface area contributed by atoms with Crippen LogP contribution in [-0.4, -0.2) is 13.0 Å². The molecular formula is C12H14BrNO2. The van der Waals surface area contributed by atoms with Crippen LogP contribution in [0.4, 0.5) is 0 Å². The van der Waals surface area contributed by atoms with E-state index in [1.54, 1.807) is 7.11 Å². The van der Waals surface area contributed by atoms with Crippen LogP contribution < -0.4 is 10.1 Å². The first-order valence-electron chi connectivity index (χ1n) is 5.31. The minimum absolute atomic E-state index is 0.173. The van der Waals surface area contributed by atoms with Crippen LogP contribution in [0.15, 0.2) is 22.7 Å². The molecule has 3 nitrogen and oxygen atoms in total. The van der Waals surface area contributed by atoms with Crippen molar-refractivity contribution in [2.45, 2.75) is 19.4 Å². The lowest BCUT2D eigenvalue weighted by atomic mass is 10.2. The summed E-state index contributed by atoms with van der Waals surface area (Å²) in [6.45, 7) is 0.581. The largest absolute Gasteiger partial charge is 0.496 e. The molecule has 86 valence electrons. The second-order valence-corrected chi connectivity index (χ2v) is 4.82. The van der Waals surface area contributed by atoms with Gasteiger partial charge >= 0.3 is 0 Å². The maximum atomic E-state index is 11.4. The van der Waals surface area contributed by atoms with Crippen molar-refractivity contribution in [1.29, 1.82) is 0 Å². The molecule has 1 aliphatic carbocycles. The summed E-state index contributed by atoms with van der Waals surface area (Å²) in [6, 6.07) is 5.81. The SMILES string of the molecule is COc1ccc(CNC(=O)C2CC2)cc1Br. The van der Waals surface area contributed by atoms with Gasteiger partial charge in [0.15, 0.2) is 0 Å². The summed E-state index contributed by atoms with van der Waals surface area (Å²) < 4.78 is 6.05. The van der Waals surface area contributed by atoms with Crippen LogP contribution in [0.5, 0.6) is 5.75 Å². The first-order chi connectivity index (χ1) is 7.70. The Morgan fingerprint density at radius 1 is 1.56 bits per heavy atom. The summed E-state index contributed by atoms with van der Waals surface area (Å²) in [6.07, 6.45) is 2.08. The minimum atomic E-state index is 0.173. The van der Waals surface area contributed by atoms with Crippen molar-refractivity contribution in [3.05, 3.63) is 28.2 Å². The van der Waals surface area contributed by atoms with Gasteiger partial charge in [-0.25, -0.2) is 0 Å². The zero-order valence-corrected chi connectivity index (χ0v) is 10.7. The normalized spacial score (nSPS) is 14.6. The molecule has 0 atom stereocenters. The number of benzene rings is 1. The van der Waals surface area contributed by atoms with Crippen molar-refractivity contribution in [1.82, 2.24) is 5.32 Å². The predicted molar refractivity (Wildman–Crippen MR) is 65.3 cm³/mol. The Balaban J connectivity index is 1.93. The molecule has 1 aromatic rings. The summed E-state index contributed by atoms with van der Waals surface area (Å²) in [7, 11) is 1.63. The maximum Gasteiger partial charge on any atom is 0.223 e. The van der Waals surface area contributed by atoms with E-state index in [1.807, 2.05) is 18.2 Å². The minimum Gasteiger partial charge on any atom is -0.496 e. The highest BCUT2D eigenvalue weighted by atomic mass is 79.9. The molecule has 1 saturated carbocycles. The number of hydrogen-bond acceptors (Lipinski definition) is 2. The van der Waals surface area contributed by atoms with E-state index >= 15 is 0 Å². The molecule has 0 aliphatic heterocycles. The molecule has 4 heteroatoms. The van der Waals surface area contributed by atoms with Crippen LogP contribution in [0.25, 0.3) is 0 Å². The molecule has 16 heavy (non-hydrogen) atoms. The van der Waals surface area contributed by atoms with Crippen molar-refractivity contribution < 1.29 is 9.53 Å². The van der Waals surface area contributed by atoms with Gasteiger partial charge in [0.1, 0.15) is 5.75 Å². The fraction of sp³-hybridized carbons (Fsp3) is 0.417. The molecule has 1 N–H and O–H groups in total. The van der Waals surface area contributed by atoms with Crippen LogP contribution in [0, 0.1) is 5.92 Å². The predicted octanol–water partition coefficient (Wildman–Crippen LogP) is 2.48. The summed E-state index contributed by atoms with van der Waals surface area (Å²) >= 11 is 3.42. The van der Waals surface area contributed by atoms with E-state index in [0.29, 0.717) is 6.54 Å². The molecule has 0 aromatic heterocycles. The number of rotatable bonds is 4. The molecule has 0 radical (unpaired) electrons. The van der Waals surface area contributed by atoms with Gasteiger partial charge in [0, 0.05) is 12.5 Å². The van der Waals surface area contributed by atoms with Crippen molar-refractivity contribution >= 4 is 21.8 Å². The van der Waals surface area contributed by atoms with Gasteiger partial charge in [-0.15, -0.1) is 0 Å². The van der Waals surface area contributed by atoms with E-state index in [-0.39, 0.29) is 11.8 Å². The lowest BCUT2D eigenvalue weighted by Gasteiger charge is -2.07. The Bertz CT molecular complexity index is 402. The number of ether oxygens (including phenoxy) is 1. The summed E-state index contributed by atoms with van der Waals surface area (Å²) in [5, 5.41) is 2.92. The summed E-state index contributed by atoms with van der Waals surface area (Å²) in [5.41, 5.74) is 1.07. The highest BCUT2D eigenvalue weighted by molar-refractivity contribution is 9.10. The number of hydrogen-bond donors (Lipinski definition) is 1. The topological polar surface area (TPSA) is 38.3 Å². The third kappa shape index (κ3) is 2.76. The van der Waals surface area contributed by atoms with Crippen molar-refractivity contribution in [2.75, 3.05) is 7.11 Å². The van der Waals surface area contributed by atoms with E-state index in [0.717, 1.165) is 28.6 Å². The zero-order chi connectivity index (χ0) is 11.5. The third-order valence-corrected chi connectivity index (χ3v) is 3.25. The van der Waals surface area contributed by atoms with E-state index in [9.17, 15) is 4.79 Å². The zero-order valence-electron chi connectivity index (χ0n) is 9.13. The average Bonchev–Trinajstić information content (AvgIpc) is 3.10. The quantitative estimate of drug-likeness (QED) is 0.922. The van der Waals surface area contributed by atoms with Crippen LogP contribution in [0.3, 0.4) is 0 Å². The first-order valence-corrected chi connectivity index (χ1v) is 6.10. The van der Waals surface area contributed by atoms with Crippen molar-refractivity contribution in [3.8, 4) is 5.75 Å². The van der Waals surface area contributed by atoms with Crippen LogP contribution >= 0.6 is 15.9 Å². The number of methoxy groups -OCH3 is 1. The average molecular weight is 284 g/mol. The van der Waals surface area contributed by atoms with Crippen LogP contribution in [0.1, 0.15) is 18.4 Å². The van der Waals surface area contributed by atoms with E-state index < -0.39 is 0 Å². The van der Waals surface area contributed by atoms with Gasteiger partial charge in [-0.3, -0.25) is 4.79 Å². The van der Waals surface area contributed by atoms with Crippen molar-refractivity contribution in [2.24, 2.45) is 5.92 Å². The van der Waals surface area contributed by atoms with E-state index in [4.69, 9.17) is 4.74 Å². The Labute approximate surface area is 103 Å². The molecule has 0 bridgehead atoms. The monoisotopic (exact) mass is 283 g/mol. The Kier molecular flexibility index (Phi) is 3.49. The Hall–Kier alpha value is -1.03. The number of halogens is 1. The molecule has 0 unspecified atom stereocenters. The maximum absolute atomic E-state index is 11.4. The molecule has 1 fully saturated rings. The lowest BCUT2D eigenvalue weighted by molar-refractivity contribution is -0.122. The number of carbonyl (C=O) groups excluding carboxylic acids is 1. The third-order valence-electron chi connectivity index (χ3n) is 2.63. The summed E-state index contributed by atoms with van der Waals surface area (Å²) in [5.74, 6) is 1.24. The molecule has 0 spiro atoms. The molecule has 1 amide bonds. The van der Waals surface area contributed by atoms with Gasteiger partial charge in [0.05, 0.1) is 11.6 Å². The second kappa shape index (κ2) is 4.87. The smallest absolute Gasteiger partial charge is 0.223 e.